The number of nitrogens with zero attached hydrogens (tertiary/aromatic N) is 1. The third kappa shape index (κ3) is 3.15. The van der Waals surface area contributed by atoms with Crippen LogP contribution in [-0.2, 0) is 12.8 Å². The Morgan fingerprint density at radius 1 is 1.41 bits per heavy atom. The molecule has 0 spiro atoms. The molecule has 2 nitrogen and oxygen atoms in total. The van der Waals surface area contributed by atoms with Crippen molar-refractivity contribution in [2.45, 2.75) is 32.7 Å². The summed E-state index contributed by atoms with van der Waals surface area (Å²) < 4.78 is 0. The molecular formula is C13H18N2S2. The normalized spacial score (nSPS) is 12.9. The van der Waals surface area contributed by atoms with E-state index in [1.165, 1.54) is 15.4 Å². The Labute approximate surface area is 111 Å². The zero-order valence-corrected chi connectivity index (χ0v) is 12.1. The second-order valence-electron chi connectivity index (χ2n) is 4.06. The Bertz CT molecular complexity index is 473. The lowest BCUT2D eigenvalue weighted by atomic mass is 10.1. The lowest BCUT2D eigenvalue weighted by Gasteiger charge is -2.12. The molecule has 1 unspecified atom stereocenters. The number of hydrogen-bond acceptors (Lipinski definition) is 4. The minimum atomic E-state index is 0.391. The van der Waals surface area contributed by atoms with Gasteiger partial charge in [0.2, 0.25) is 0 Å². The molecular weight excluding hydrogens is 248 g/mol. The van der Waals surface area contributed by atoms with Crippen LogP contribution in [-0.4, -0.2) is 12.0 Å². The van der Waals surface area contributed by atoms with Crippen molar-refractivity contribution in [1.29, 1.82) is 0 Å². The fourth-order valence-corrected chi connectivity index (χ4v) is 3.52. The SMILES string of the molecule is CCc1ccc(C(Cc2csc(C)n2)NC)s1. The summed E-state index contributed by atoms with van der Waals surface area (Å²) >= 11 is 3.63. The molecule has 17 heavy (non-hydrogen) atoms. The summed E-state index contributed by atoms with van der Waals surface area (Å²) in [5.41, 5.74) is 1.19. The Morgan fingerprint density at radius 3 is 2.76 bits per heavy atom. The molecule has 0 fully saturated rings. The largest absolute Gasteiger partial charge is 0.312 e. The van der Waals surface area contributed by atoms with Crippen LogP contribution in [0.4, 0.5) is 0 Å². The van der Waals surface area contributed by atoms with Crippen molar-refractivity contribution in [1.82, 2.24) is 10.3 Å². The average Bonchev–Trinajstić information content (AvgIpc) is 2.94. The number of aromatic nitrogens is 1. The summed E-state index contributed by atoms with van der Waals surface area (Å²) in [6.07, 6.45) is 2.10. The number of aryl methyl sites for hydroxylation is 2. The average molecular weight is 266 g/mol. The Balaban J connectivity index is 2.10. The van der Waals surface area contributed by atoms with E-state index in [4.69, 9.17) is 0 Å². The molecule has 92 valence electrons. The number of thiophene rings is 1. The highest BCUT2D eigenvalue weighted by atomic mass is 32.1. The maximum Gasteiger partial charge on any atom is 0.0897 e. The van der Waals surface area contributed by atoms with Gasteiger partial charge in [-0.15, -0.1) is 22.7 Å². The van der Waals surface area contributed by atoms with Gasteiger partial charge in [-0.3, -0.25) is 0 Å². The van der Waals surface area contributed by atoms with Crippen molar-refractivity contribution >= 4 is 22.7 Å². The van der Waals surface area contributed by atoms with Gasteiger partial charge >= 0.3 is 0 Å². The van der Waals surface area contributed by atoms with Crippen molar-refractivity contribution in [3.8, 4) is 0 Å². The second kappa shape index (κ2) is 5.76. The molecule has 2 aromatic rings. The van der Waals surface area contributed by atoms with Gasteiger partial charge < -0.3 is 5.32 Å². The minimum Gasteiger partial charge on any atom is -0.312 e. The fourth-order valence-electron chi connectivity index (χ4n) is 1.83. The minimum absolute atomic E-state index is 0.391. The van der Waals surface area contributed by atoms with E-state index >= 15 is 0 Å². The highest BCUT2D eigenvalue weighted by Gasteiger charge is 2.13. The van der Waals surface area contributed by atoms with Crippen LogP contribution in [0.3, 0.4) is 0 Å². The van der Waals surface area contributed by atoms with Crippen LogP contribution in [0.15, 0.2) is 17.5 Å². The molecule has 0 aliphatic carbocycles. The van der Waals surface area contributed by atoms with E-state index in [1.807, 2.05) is 18.4 Å². The summed E-state index contributed by atoms with van der Waals surface area (Å²) in [5, 5.41) is 6.70. The lowest BCUT2D eigenvalue weighted by molar-refractivity contribution is 0.595. The highest BCUT2D eigenvalue weighted by Crippen LogP contribution is 2.26. The predicted molar refractivity (Wildman–Crippen MR) is 76.1 cm³/mol. The Hall–Kier alpha value is -0.710. The first-order valence-corrected chi connectivity index (χ1v) is 7.59. The smallest absolute Gasteiger partial charge is 0.0897 e. The van der Waals surface area contributed by atoms with Gasteiger partial charge in [-0.05, 0) is 32.5 Å². The Kier molecular flexibility index (Phi) is 4.31. The van der Waals surface area contributed by atoms with E-state index in [2.05, 4.69) is 41.7 Å². The van der Waals surface area contributed by atoms with Crippen molar-refractivity contribution < 1.29 is 0 Å². The first-order valence-electron chi connectivity index (χ1n) is 5.89. The molecule has 0 saturated heterocycles. The molecule has 2 heterocycles. The molecule has 0 aliphatic heterocycles. The molecule has 0 aliphatic rings. The topological polar surface area (TPSA) is 24.9 Å². The first kappa shape index (κ1) is 12.7. The van der Waals surface area contributed by atoms with E-state index in [0.717, 1.165) is 17.8 Å². The van der Waals surface area contributed by atoms with Crippen molar-refractivity contribution in [2.24, 2.45) is 0 Å². The van der Waals surface area contributed by atoms with E-state index in [1.54, 1.807) is 11.3 Å². The third-order valence-corrected chi connectivity index (χ3v) is 4.97. The molecule has 2 aromatic heterocycles. The fraction of sp³-hybridized carbons (Fsp3) is 0.462. The van der Waals surface area contributed by atoms with Crippen molar-refractivity contribution in [2.75, 3.05) is 7.05 Å². The van der Waals surface area contributed by atoms with Crippen LogP contribution in [0.1, 0.15) is 33.4 Å². The molecule has 0 bridgehead atoms. The van der Waals surface area contributed by atoms with Gasteiger partial charge in [-0.2, -0.15) is 0 Å². The monoisotopic (exact) mass is 266 g/mol. The molecule has 1 N–H and O–H groups in total. The first-order chi connectivity index (χ1) is 8.22. The molecule has 4 heteroatoms. The predicted octanol–water partition coefficient (Wildman–Crippen LogP) is 3.58. The molecule has 0 aromatic carbocycles. The van der Waals surface area contributed by atoms with Gasteiger partial charge in [0.05, 0.1) is 10.7 Å². The van der Waals surface area contributed by atoms with Gasteiger partial charge in [-0.25, -0.2) is 4.98 Å². The standard InChI is InChI=1S/C13H18N2S2/c1-4-11-5-6-13(17-11)12(14-3)7-10-8-16-9(2)15-10/h5-6,8,12,14H,4,7H2,1-3H3. The van der Waals surface area contributed by atoms with Crippen LogP contribution in [0, 0.1) is 6.92 Å². The maximum atomic E-state index is 4.53. The van der Waals surface area contributed by atoms with Crippen LogP contribution < -0.4 is 5.32 Å². The van der Waals surface area contributed by atoms with E-state index in [-0.39, 0.29) is 0 Å². The zero-order chi connectivity index (χ0) is 12.3. The van der Waals surface area contributed by atoms with Gasteiger partial charge in [0, 0.05) is 27.6 Å². The molecule has 0 radical (unpaired) electrons. The van der Waals surface area contributed by atoms with Crippen LogP contribution >= 0.6 is 22.7 Å². The van der Waals surface area contributed by atoms with E-state index in [9.17, 15) is 0 Å². The van der Waals surface area contributed by atoms with Crippen LogP contribution in [0.25, 0.3) is 0 Å². The lowest BCUT2D eigenvalue weighted by Crippen LogP contribution is -2.17. The second-order valence-corrected chi connectivity index (χ2v) is 6.32. The van der Waals surface area contributed by atoms with Crippen molar-refractivity contribution in [3.63, 3.8) is 0 Å². The number of likely N-dealkylation sites (N-methyl/N-ethyl adjacent to an activating group) is 1. The summed E-state index contributed by atoms with van der Waals surface area (Å²) in [7, 11) is 2.02. The highest BCUT2D eigenvalue weighted by molar-refractivity contribution is 7.12. The molecule has 0 amide bonds. The summed E-state index contributed by atoms with van der Waals surface area (Å²) in [6.45, 7) is 4.26. The number of hydrogen-bond donors (Lipinski definition) is 1. The molecule has 2 rings (SSSR count). The van der Waals surface area contributed by atoms with E-state index < -0.39 is 0 Å². The zero-order valence-electron chi connectivity index (χ0n) is 10.5. The van der Waals surface area contributed by atoms with Crippen molar-refractivity contribution in [3.05, 3.63) is 38.0 Å². The quantitative estimate of drug-likeness (QED) is 0.895. The maximum absolute atomic E-state index is 4.53. The molecule has 0 saturated carbocycles. The van der Waals surface area contributed by atoms with Gasteiger partial charge in [0.25, 0.3) is 0 Å². The Morgan fingerprint density at radius 2 is 2.24 bits per heavy atom. The number of rotatable bonds is 5. The van der Waals surface area contributed by atoms with Crippen LogP contribution in [0.5, 0.6) is 0 Å². The van der Waals surface area contributed by atoms with Crippen LogP contribution in [0.2, 0.25) is 0 Å². The number of thiazole rings is 1. The molecule has 1 atom stereocenters. The van der Waals surface area contributed by atoms with Gasteiger partial charge in [-0.1, -0.05) is 6.92 Å². The van der Waals surface area contributed by atoms with Gasteiger partial charge in [0.1, 0.15) is 0 Å². The van der Waals surface area contributed by atoms with Gasteiger partial charge in [0.15, 0.2) is 0 Å². The number of nitrogens with one attached hydrogen (secondary N) is 1. The van der Waals surface area contributed by atoms with E-state index in [0.29, 0.717) is 6.04 Å². The third-order valence-electron chi connectivity index (χ3n) is 2.80. The summed E-state index contributed by atoms with van der Waals surface area (Å²) in [4.78, 5) is 7.40. The summed E-state index contributed by atoms with van der Waals surface area (Å²) in [6, 6.07) is 4.86. The summed E-state index contributed by atoms with van der Waals surface area (Å²) in [5.74, 6) is 0.